The minimum Gasteiger partial charge on any atom is -0.381 e. The normalized spacial score (nSPS) is 62.5. The molecular formula is C24H35NO2. The molecule has 1 saturated heterocycles. The molecule has 6 fully saturated rings. The molecule has 3 nitrogen and oxygen atoms in total. The van der Waals surface area contributed by atoms with Gasteiger partial charge < -0.3 is 9.47 Å². The Balaban J connectivity index is 1.41. The molecule has 1 spiro atoms. The van der Waals surface area contributed by atoms with Gasteiger partial charge in [0.25, 0.3) is 0 Å². The lowest BCUT2D eigenvalue weighted by Crippen LogP contribution is -2.59. The Kier molecular flexibility index (Phi) is 2.94. The van der Waals surface area contributed by atoms with E-state index in [1.165, 1.54) is 44.9 Å². The highest BCUT2D eigenvalue weighted by atomic mass is 16.6. The van der Waals surface area contributed by atoms with E-state index < -0.39 is 5.41 Å². The number of ether oxygens (including phenoxy) is 2. The van der Waals surface area contributed by atoms with Crippen LogP contribution in [0.5, 0.6) is 0 Å². The van der Waals surface area contributed by atoms with Gasteiger partial charge in [-0.15, -0.1) is 0 Å². The van der Waals surface area contributed by atoms with E-state index >= 15 is 0 Å². The van der Waals surface area contributed by atoms with Gasteiger partial charge in [-0.2, -0.15) is 5.26 Å². The zero-order valence-electron chi connectivity index (χ0n) is 17.7. The molecule has 0 bridgehead atoms. The van der Waals surface area contributed by atoms with E-state index in [4.69, 9.17) is 9.47 Å². The second kappa shape index (κ2) is 4.59. The Morgan fingerprint density at radius 1 is 1.07 bits per heavy atom. The smallest absolute Gasteiger partial charge is 0.118 e. The monoisotopic (exact) mass is 369 g/mol. The number of nitriles is 1. The van der Waals surface area contributed by atoms with Crippen LogP contribution in [-0.4, -0.2) is 24.9 Å². The van der Waals surface area contributed by atoms with E-state index in [0.717, 1.165) is 17.8 Å². The highest BCUT2D eigenvalue weighted by molar-refractivity contribution is 5.34. The SMILES string of the molecule is CO[C@@H]1C[C@H]2[C@@H]3C[C@H]4O[C@@]4(C(C)(C)C#N)[C@@]3(C)CC[C@@H]2[C@@]2(C)CC[C@@H]3C[C@]312. The van der Waals surface area contributed by atoms with Crippen LogP contribution in [0.15, 0.2) is 0 Å². The van der Waals surface area contributed by atoms with Crippen molar-refractivity contribution >= 4 is 0 Å². The van der Waals surface area contributed by atoms with Gasteiger partial charge in [-0.1, -0.05) is 13.8 Å². The highest BCUT2D eigenvalue weighted by Gasteiger charge is 2.84. The summed E-state index contributed by atoms with van der Waals surface area (Å²) in [5.74, 6) is 3.25. The molecule has 3 heteroatoms. The molecule has 5 aliphatic carbocycles. The molecule has 0 aromatic heterocycles. The van der Waals surface area contributed by atoms with Crippen LogP contribution in [0.4, 0.5) is 0 Å². The maximum absolute atomic E-state index is 9.92. The number of hydrogen-bond acceptors (Lipinski definition) is 3. The van der Waals surface area contributed by atoms with Crippen molar-refractivity contribution in [2.24, 2.45) is 45.3 Å². The van der Waals surface area contributed by atoms with Gasteiger partial charge in [0.15, 0.2) is 0 Å². The predicted octanol–water partition coefficient (Wildman–Crippen LogP) is 4.95. The van der Waals surface area contributed by atoms with Gasteiger partial charge in [0.05, 0.1) is 23.7 Å². The number of rotatable bonds is 2. The van der Waals surface area contributed by atoms with E-state index in [-0.39, 0.29) is 11.0 Å². The third-order valence-corrected chi connectivity index (χ3v) is 11.5. The van der Waals surface area contributed by atoms with Gasteiger partial charge >= 0.3 is 0 Å². The Hall–Kier alpha value is -0.590. The molecule has 0 N–H and O–H groups in total. The summed E-state index contributed by atoms with van der Waals surface area (Å²) < 4.78 is 12.6. The van der Waals surface area contributed by atoms with Crippen LogP contribution >= 0.6 is 0 Å². The van der Waals surface area contributed by atoms with Gasteiger partial charge in [0.2, 0.25) is 0 Å². The summed E-state index contributed by atoms with van der Waals surface area (Å²) in [4.78, 5) is 0. The van der Waals surface area contributed by atoms with Crippen LogP contribution < -0.4 is 0 Å². The van der Waals surface area contributed by atoms with Crippen molar-refractivity contribution in [1.82, 2.24) is 0 Å². The van der Waals surface area contributed by atoms with Crippen molar-refractivity contribution in [1.29, 1.82) is 5.26 Å². The summed E-state index contributed by atoms with van der Waals surface area (Å²) in [7, 11) is 1.96. The molecule has 0 radical (unpaired) electrons. The summed E-state index contributed by atoms with van der Waals surface area (Å²) in [6, 6.07) is 2.62. The van der Waals surface area contributed by atoms with Gasteiger partial charge in [-0.05, 0) is 87.9 Å². The summed E-state index contributed by atoms with van der Waals surface area (Å²) in [6.07, 6.45) is 10.0. The van der Waals surface area contributed by atoms with E-state index in [9.17, 15) is 5.26 Å². The standard InChI is InChI=1S/C24H35NO2/c1-20(2,13-25)24-19(27-24)11-17-15-10-18(26-5)23-12-14(23)6-8-21(23,3)16(15)7-9-22(17,24)4/h14-19H,6-12H2,1-5H3/t14-,15-,16+,17+,18-,19-,21-,22+,23+,24+/m1/s1. The lowest BCUT2D eigenvalue weighted by Gasteiger charge is -2.61. The van der Waals surface area contributed by atoms with Crippen molar-refractivity contribution in [3.63, 3.8) is 0 Å². The second-order valence-electron chi connectivity index (χ2n) is 12.0. The van der Waals surface area contributed by atoms with Crippen molar-refractivity contribution < 1.29 is 9.47 Å². The number of fused-ring (bicyclic) bond motifs is 6. The first-order valence-electron chi connectivity index (χ1n) is 11.3. The quantitative estimate of drug-likeness (QED) is 0.647. The van der Waals surface area contributed by atoms with Gasteiger partial charge in [-0.25, -0.2) is 0 Å². The number of methoxy groups -OCH3 is 1. The summed E-state index contributed by atoms with van der Waals surface area (Å²) in [5.41, 5.74) is 0.523. The average molecular weight is 370 g/mol. The predicted molar refractivity (Wildman–Crippen MR) is 103 cm³/mol. The first-order chi connectivity index (χ1) is 12.7. The number of nitrogens with zero attached hydrogens (tertiary/aromatic N) is 1. The molecule has 0 aromatic carbocycles. The zero-order chi connectivity index (χ0) is 19.0. The zero-order valence-corrected chi connectivity index (χ0v) is 17.7. The van der Waals surface area contributed by atoms with Gasteiger partial charge in [0, 0.05) is 17.9 Å². The first kappa shape index (κ1) is 17.3. The molecule has 0 unspecified atom stereocenters. The Labute approximate surface area is 164 Å². The molecule has 27 heavy (non-hydrogen) atoms. The molecule has 0 aromatic rings. The minimum atomic E-state index is -0.399. The summed E-state index contributed by atoms with van der Waals surface area (Å²) in [6.45, 7) is 9.34. The molecule has 6 rings (SSSR count). The molecule has 1 heterocycles. The van der Waals surface area contributed by atoms with Crippen LogP contribution in [0.25, 0.3) is 0 Å². The van der Waals surface area contributed by atoms with E-state index in [0.29, 0.717) is 29.0 Å². The first-order valence-corrected chi connectivity index (χ1v) is 11.3. The van der Waals surface area contributed by atoms with Crippen LogP contribution in [0.1, 0.15) is 72.6 Å². The molecule has 6 aliphatic rings. The largest absolute Gasteiger partial charge is 0.381 e. The van der Waals surface area contributed by atoms with Crippen LogP contribution in [0, 0.1) is 56.7 Å². The topological polar surface area (TPSA) is 45.5 Å². The Bertz CT molecular complexity index is 756. The molecular weight excluding hydrogens is 334 g/mol. The lowest BCUT2D eigenvalue weighted by molar-refractivity contribution is -0.175. The van der Waals surface area contributed by atoms with Crippen molar-refractivity contribution in [3.05, 3.63) is 0 Å². The van der Waals surface area contributed by atoms with Crippen molar-refractivity contribution in [2.45, 2.75) is 90.4 Å². The average Bonchev–Trinajstić information content (AvgIpc) is 3.51. The Morgan fingerprint density at radius 3 is 2.48 bits per heavy atom. The van der Waals surface area contributed by atoms with E-state index in [2.05, 4.69) is 33.8 Å². The maximum Gasteiger partial charge on any atom is 0.118 e. The molecule has 0 amide bonds. The fraction of sp³-hybridized carbons (Fsp3) is 0.958. The van der Waals surface area contributed by atoms with Gasteiger partial charge in [-0.3, -0.25) is 0 Å². The van der Waals surface area contributed by atoms with Crippen molar-refractivity contribution in [3.8, 4) is 6.07 Å². The third-order valence-electron chi connectivity index (χ3n) is 11.5. The van der Waals surface area contributed by atoms with Crippen LogP contribution in [0.3, 0.4) is 0 Å². The summed E-state index contributed by atoms with van der Waals surface area (Å²) >= 11 is 0. The number of hydrogen-bond donors (Lipinski definition) is 0. The highest BCUT2D eigenvalue weighted by Crippen LogP contribution is 2.84. The maximum atomic E-state index is 9.92. The van der Waals surface area contributed by atoms with E-state index in [1.807, 2.05) is 7.11 Å². The molecule has 10 atom stereocenters. The Morgan fingerprint density at radius 2 is 1.81 bits per heavy atom. The van der Waals surface area contributed by atoms with Crippen LogP contribution in [-0.2, 0) is 9.47 Å². The minimum absolute atomic E-state index is 0.152. The molecule has 5 saturated carbocycles. The molecule has 1 aliphatic heterocycles. The van der Waals surface area contributed by atoms with Crippen molar-refractivity contribution in [2.75, 3.05) is 7.11 Å². The fourth-order valence-electron chi connectivity index (χ4n) is 10.3. The second-order valence-corrected chi connectivity index (χ2v) is 12.0. The number of epoxide rings is 1. The van der Waals surface area contributed by atoms with Crippen LogP contribution in [0.2, 0.25) is 0 Å². The van der Waals surface area contributed by atoms with Gasteiger partial charge in [0.1, 0.15) is 5.60 Å². The third kappa shape index (κ3) is 1.53. The summed E-state index contributed by atoms with van der Waals surface area (Å²) in [5, 5.41) is 9.92. The molecule has 148 valence electrons. The lowest BCUT2D eigenvalue weighted by atomic mass is 9.44. The van der Waals surface area contributed by atoms with E-state index in [1.54, 1.807) is 0 Å². The fourth-order valence-corrected chi connectivity index (χ4v) is 10.3.